The molecule has 1 aliphatic rings. The van der Waals surface area contributed by atoms with Crippen LogP contribution in [-0.4, -0.2) is 46.3 Å². The highest BCUT2D eigenvalue weighted by molar-refractivity contribution is 5.92. The smallest absolute Gasteiger partial charge is 0.270 e. The van der Waals surface area contributed by atoms with E-state index >= 15 is 0 Å². The van der Waals surface area contributed by atoms with Gasteiger partial charge < -0.3 is 10.2 Å². The topological polar surface area (TPSA) is 75.2 Å². The molecule has 0 bridgehead atoms. The van der Waals surface area contributed by atoms with E-state index < -0.39 is 0 Å². The first-order valence-electron chi connectivity index (χ1n) is 7.86. The van der Waals surface area contributed by atoms with E-state index in [1.54, 1.807) is 26.0 Å². The lowest BCUT2D eigenvalue weighted by Crippen LogP contribution is -2.43. The Bertz CT molecular complexity index is 619. The second-order valence-corrected chi connectivity index (χ2v) is 6.25. The third-order valence-electron chi connectivity index (χ3n) is 4.41. The van der Waals surface area contributed by atoms with Crippen molar-refractivity contribution in [3.05, 3.63) is 35.9 Å². The van der Waals surface area contributed by atoms with Gasteiger partial charge >= 0.3 is 0 Å². The summed E-state index contributed by atoms with van der Waals surface area (Å²) in [5, 5.41) is 2.74. The first kappa shape index (κ1) is 17.1. The number of piperidine rings is 1. The summed E-state index contributed by atoms with van der Waals surface area (Å²) in [6.45, 7) is 10.9. The fraction of sp³-hybridized carbons (Fsp3) is 0.529. The average Bonchev–Trinajstić information content (AvgIpc) is 2.52. The summed E-state index contributed by atoms with van der Waals surface area (Å²) in [6.07, 6.45) is 3.29. The van der Waals surface area contributed by atoms with Crippen LogP contribution in [0, 0.1) is 6.92 Å². The van der Waals surface area contributed by atoms with E-state index in [4.69, 9.17) is 0 Å². The Hall–Kier alpha value is -2.24. The standard InChI is InChI=1S/C17H24N4O2/c1-5-8-18-16(23)14-11-15(20-12(2)19-14)17(4)6-9-21(10-7-17)13(3)22/h5,11H,1,6-10H2,2-4H3,(H,18,23). The summed E-state index contributed by atoms with van der Waals surface area (Å²) < 4.78 is 0. The summed E-state index contributed by atoms with van der Waals surface area (Å²) in [5.74, 6) is 0.471. The molecule has 6 nitrogen and oxygen atoms in total. The summed E-state index contributed by atoms with van der Waals surface area (Å²) in [7, 11) is 0. The van der Waals surface area contributed by atoms with E-state index in [0.717, 1.165) is 18.5 Å². The molecule has 124 valence electrons. The molecular weight excluding hydrogens is 292 g/mol. The number of nitrogens with one attached hydrogen (secondary N) is 1. The molecule has 2 rings (SSSR count). The zero-order chi connectivity index (χ0) is 17.0. The van der Waals surface area contributed by atoms with E-state index in [1.165, 1.54) is 0 Å². The van der Waals surface area contributed by atoms with Gasteiger partial charge in [-0.2, -0.15) is 0 Å². The van der Waals surface area contributed by atoms with Crippen molar-refractivity contribution in [1.29, 1.82) is 0 Å². The number of nitrogens with zero attached hydrogens (tertiary/aromatic N) is 3. The molecule has 1 aromatic heterocycles. The maximum atomic E-state index is 12.1. The number of rotatable bonds is 4. The van der Waals surface area contributed by atoms with Crippen molar-refractivity contribution in [1.82, 2.24) is 20.2 Å². The summed E-state index contributed by atoms with van der Waals surface area (Å²) >= 11 is 0. The predicted octanol–water partition coefficient (Wildman–Crippen LogP) is 1.60. The van der Waals surface area contributed by atoms with Gasteiger partial charge in [0.2, 0.25) is 5.91 Å². The Morgan fingerprint density at radius 1 is 1.39 bits per heavy atom. The van der Waals surface area contributed by atoms with Crippen molar-refractivity contribution in [3.8, 4) is 0 Å². The molecule has 1 fully saturated rings. The van der Waals surface area contributed by atoms with Crippen LogP contribution in [0.15, 0.2) is 18.7 Å². The van der Waals surface area contributed by atoms with Crippen LogP contribution >= 0.6 is 0 Å². The minimum atomic E-state index is -0.221. The first-order chi connectivity index (χ1) is 10.9. The minimum Gasteiger partial charge on any atom is -0.347 e. The molecule has 0 spiro atoms. The third-order valence-corrected chi connectivity index (χ3v) is 4.41. The van der Waals surface area contributed by atoms with E-state index in [1.807, 2.05) is 4.90 Å². The second-order valence-electron chi connectivity index (χ2n) is 6.25. The molecule has 6 heteroatoms. The van der Waals surface area contributed by atoms with Crippen LogP contribution in [0.1, 0.15) is 48.7 Å². The van der Waals surface area contributed by atoms with Crippen LogP contribution in [0.3, 0.4) is 0 Å². The lowest BCUT2D eigenvalue weighted by molar-refractivity contribution is -0.130. The Balaban J connectivity index is 2.22. The van der Waals surface area contributed by atoms with Gasteiger partial charge in [-0.1, -0.05) is 13.0 Å². The normalized spacial score (nSPS) is 16.7. The molecule has 2 heterocycles. The Kier molecular flexibility index (Phi) is 5.13. The molecule has 0 saturated carbocycles. The number of hydrogen-bond acceptors (Lipinski definition) is 4. The fourth-order valence-electron chi connectivity index (χ4n) is 2.82. The van der Waals surface area contributed by atoms with Crippen LogP contribution in [0.4, 0.5) is 0 Å². The number of likely N-dealkylation sites (tertiary alicyclic amines) is 1. The van der Waals surface area contributed by atoms with E-state index in [2.05, 4.69) is 28.8 Å². The van der Waals surface area contributed by atoms with E-state index in [9.17, 15) is 9.59 Å². The molecule has 1 aliphatic heterocycles. The van der Waals surface area contributed by atoms with Gasteiger partial charge in [-0.15, -0.1) is 6.58 Å². The number of aryl methyl sites for hydroxylation is 1. The molecule has 1 aromatic rings. The molecule has 0 aromatic carbocycles. The number of carbonyl (C=O) groups is 2. The second kappa shape index (κ2) is 6.89. The summed E-state index contributed by atoms with van der Waals surface area (Å²) in [6, 6.07) is 1.77. The summed E-state index contributed by atoms with van der Waals surface area (Å²) in [5.41, 5.74) is 1.11. The Morgan fingerprint density at radius 2 is 2.04 bits per heavy atom. The number of hydrogen-bond donors (Lipinski definition) is 1. The van der Waals surface area contributed by atoms with Crippen molar-refractivity contribution in [3.63, 3.8) is 0 Å². The molecule has 1 N–H and O–H groups in total. The van der Waals surface area contributed by atoms with Gasteiger partial charge in [0.05, 0.1) is 5.69 Å². The maximum Gasteiger partial charge on any atom is 0.270 e. The fourth-order valence-corrected chi connectivity index (χ4v) is 2.82. The highest BCUT2D eigenvalue weighted by Gasteiger charge is 2.34. The van der Waals surface area contributed by atoms with Crippen molar-refractivity contribution >= 4 is 11.8 Å². The predicted molar refractivity (Wildman–Crippen MR) is 88.1 cm³/mol. The van der Waals surface area contributed by atoms with Crippen LogP contribution < -0.4 is 5.32 Å². The lowest BCUT2D eigenvalue weighted by atomic mass is 9.77. The monoisotopic (exact) mass is 316 g/mol. The first-order valence-corrected chi connectivity index (χ1v) is 7.86. The number of amides is 2. The van der Waals surface area contributed by atoms with Crippen LogP contribution in [0.2, 0.25) is 0 Å². The molecule has 2 amide bonds. The zero-order valence-corrected chi connectivity index (χ0v) is 14.1. The quantitative estimate of drug-likeness (QED) is 0.856. The van der Waals surface area contributed by atoms with Crippen molar-refractivity contribution in [2.45, 2.75) is 39.0 Å². The van der Waals surface area contributed by atoms with Gasteiger partial charge in [0.1, 0.15) is 11.5 Å². The zero-order valence-electron chi connectivity index (χ0n) is 14.1. The highest BCUT2D eigenvalue weighted by atomic mass is 16.2. The average molecular weight is 316 g/mol. The lowest BCUT2D eigenvalue weighted by Gasteiger charge is -2.38. The molecule has 0 radical (unpaired) electrons. The van der Waals surface area contributed by atoms with Crippen LogP contribution in [0.5, 0.6) is 0 Å². The van der Waals surface area contributed by atoms with E-state index in [0.29, 0.717) is 31.2 Å². The van der Waals surface area contributed by atoms with Gasteiger partial charge in [0.25, 0.3) is 5.91 Å². The highest BCUT2D eigenvalue weighted by Crippen LogP contribution is 2.34. The number of carbonyl (C=O) groups excluding carboxylic acids is 2. The van der Waals surface area contributed by atoms with Crippen molar-refractivity contribution in [2.75, 3.05) is 19.6 Å². The molecule has 23 heavy (non-hydrogen) atoms. The van der Waals surface area contributed by atoms with Gasteiger partial charge in [0, 0.05) is 32.0 Å². The third kappa shape index (κ3) is 3.94. The van der Waals surface area contributed by atoms with Gasteiger partial charge in [-0.05, 0) is 25.8 Å². The van der Waals surface area contributed by atoms with Gasteiger partial charge in [-0.3, -0.25) is 9.59 Å². The maximum absolute atomic E-state index is 12.1. The van der Waals surface area contributed by atoms with Gasteiger partial charge in [-0.25, -0.2) is 9.97 Å². The van der Waals surface area contributed by atoms with Crippen molar-refractivity contribution in [2.24, 2.45) is 0 Å². The Morgan fingerprint density at radius 3 is 2.61 bits per heavy atom. The van der Waals surface area contributed by atoms with E-state index in [-0.39, 0.29) is 17.2 Å². The molecule has 0 aliphatic carbocycles. The molecule has 0 atom stereocenters. The number of aromatic nitrogens is 2. The Labute approximate surface area is 137 Å². The molecular formula is C17H24N4O2. The SMILES string of the molecule is C=CCNC(=O)c1cc(C2(C)CCN(C(C)=O)CC2)nc(C)n1. The van der Waals surface area contributed by atoms with Crippen molar-refractivity contribution < 1.29 is 9.59 Å². The van der Waals surface area contributed by atoms with Crippen LogP contribution in [-0.2, 0) is 10.2 Å². The summed E-state index contributed by atoms with van der Waals surface area (Å²) in [4.78, 5) is 34.3. The molecule has 0 unspecified atom stereocenters. The molecule has 1 saturated heterocycles. The minimum absolute atomic E-state index is 0.107. The van der Waals surface area contributed by atoms with Gasteiger partial charge in [0.15, 0.2) is 0 Å². The van der Waals surface area contributed by atoms with Crippen LogP contribution in [0.25, 0.3) is 0 Å². The largest absolute Gasteiger partial charge is 0.347 e.